The lowest BCUT2D eigenvalue weighted by atomic mass is 10.1. The molecule has 0 spiro atoms. The monoisotopic (exact) mass is 458 g/mol. The van der Waals surface area contributed by atoms with E-state index in [0.717, 1.165) is 27.5 Å². The Bertz CT molecular complexity index is 671. The van der Waals surface area contributed by atoms with Crippen molar-refractivity contribution in [1.82, 2.24) is 10.9 Å². The van der Waals surface area contributed by atoms with E-state index in [-0.39, 0.29) is 11.8 Å². The number of thiophene rings is 1. The van der Waals surface area contributed by atoms with Crippen molar-refractivity contribution in [2.75, 3.05) is 0 Å². The average Bonchev–Trinajstić information content (AvgIpc) is 2.97. The Labute approximate surface area is 155 Å². The van der Waals surface area contributed by atoms with Crippen molar-refractivity contribution in [2.45, 2.75) is 25.7 Å². The minimum Gasteiger partial charge on any atom is -0.273 e. The van der Waals surface area contributed by atoms with E-state index in [0.29, 0.717) is 11.3 Å². The van der Waals surface area contributed by atoms with Gasteiger partial charge in [-0.3, -0.25) is 20.4 Å². The highest BCUT2D eigenvalue weighted by atomic mass is 79.9. The summed E-state index contributed by atoms with van der Waals surface area (Å²) in [5.74, 6) is -0.478. The van der Waals surface area contributed by atoms with Crippen LogP contribution in [0.1, 0.15) is 34.5 Å². The molecular weight excluding hydrogens is 444 g/mol. The minimum atomic E-state index is -0.302. The topological polar surface area (TPSA) is 58.2 Å². The molecule has 122 valence electrons. The number of carbonyl (C=O) groups is 2. The van der Waals surface area contributed by atoms with E-state index in [9.17, 15) is 9.59 Å². The normalized spacial score (nSPS) is 10.3. The van der Waals surface area contributed by atoms with E-state index in [1.807, 2.05) is 12.1 Å². The van der Waals surface area contributed by atoms with Crippen LogP contribution >= 0.6 is 43.2 Å². The third-order valence-corrected chi connectivity index (χ3v) is 5.30. The summed E-state index contributed by atoms with van der Waals surface area (Å²) in [4.78, 5) is 24.0. The van der Waals surface area contributed by atoms with Gasteiger partial charge in [-0.15, -0.1) is 11.3 Å². The molecule has 1 aromatic carbocycles. The van der Waals surface area contributed by atoms with E-state index in [1.54, 1.807) is 12.1 Å². The molecule has 0 aliphatic carbocycles. The third-order valence-electron chi connectivity index (χ3n) is 3.14. The lowest BCUT2D eigenvalue weighted by Gasteiger charge is -2.06. The molecule has 2 rings (SSSR count). The smallest absolute Gasteiger partial charge is 0.273 e. The van der Waals surface area contributed by atoms with Crippen LogP contribution < -0.4 is 10.9 Å². The summed E-state index contributed by atoms with van der Waals surface area (Å²) in [5, 5.41) is 0. The number of hydrogen-bond donors (Lipinski definition) is 2. The van der Waals surface area contributed by atoms with Crippen LogP contribution in [0.5, 0.6) is 0 Å². The van der Waals surface area contributed by atoms with Crippen LogP contribution in [0, 0.1) is 0 Å². The van der Waals surface area contributed by atoms with Gasteiger partial charge in [-0.1, -0.05) is 28.1 Å². The largest absolute Gasteiger partial charge is 0.279 e. The standard InChI is InChI=1S/C16H16Br2N2O2S/c17-12-7-5-11(6-8-12)3-1-2-4-15(21)19-20-16(22)13-9-10-14(18)23-13/h5-10H,1-4H2,(H,19,21)(H,20,22). The number of aryl methyl sites for hydroxylation is 1. The van der Waals surface area contributed by atoms with E-state index >= 15 is 0 Å². The highest BCUT2D eigenvalue weighted by Crippen LogP contribution is 2.21. The lowest BCUT2D eigenvalue weighted by Crippen LogP contribution is -2.41. The van der Waals surface area contributed by atoms with Gasteiger partial charge < -0.3 is 0 Å². The molecule has 2 aromatic rings. The molecule has 0 saturated heterocycles. The molecule has 7 heteroatoms. The number of rotatable bonds is 6. The van der Waals surface area contributed by atoms with Crippen molar-refractivity contribution in [1.29, 1.82) is 0 Å². The zero-order chi connectivity index (χ0) is 16.7. The maximum absolute atomic E-state index is 11.8. The molecule has 0 radical (unpaired) electrons. The van der Waals surface area contributed by atoms with Crippen molar-refractivity contribution in [3.05, 3.63) is 55.1 Å². The maximum Gasteiger partial charge on any atom is 0.279 e. The summed E-state index contributed by atoms with van der Waals surface area (Å²) in [6.45, 7) is 0. The van der Waals surface area contributed by atoms with Gasteiger partial charge in [0.25, 0.3) is 5.91 Å². The van der Waals surface area contributed by atoms with Crippen LogP contribution in [-0.2, 0) is 11.2 Å². The van der Waals surface area contributed by atoms with E-state index in [4.69, 9.17) is 0 Å². The first-order chi connectivity index (χ1) is 11.0. The molecule has 23 heavy (non-hydrogen) atoms. The van der Waals surface area contributed by atoms with Crippen LogP contribution in [0.15, 0.2) is 44.7 Å². The van der Waals surface area contributed by atoms with Crippen LogP contribution in [0.2, 0.25) is 0 Å². The van der Waals surface area contributed by atoms with Gasteiger partial charge in [0.1, 0.15) is 0 Å². The van der Waals surface area contributed by atoms with Crippen molar-refractivity contribution in [3.8, 4) is 0 Å². The first-order valence-electron chi connectivity index (χ1n) is 7.13. The minimum absolute atomic E-state index is 0.176. The molecule has 0 unspecified atom stereocenters. The highest BCUT2D eigenvalue weighted by Gasteiger charge is 2.09. The van der Waals surface area contributed by atoms with Crippen molar-refractivity contribution < 1.29 is 9.59 Å². The summed E-state index contributed by atoms with van der Waals surface area (Å²) < 4.78 is 1.94. The van der Waals surface area contributed by atoms with Gasteiger partial charge in [-0.2, -0.15) is 0 Å². The maximum atomic E-state index is 11.8. The molecule has 0 aliphatic rings. The number of unbranched alkanes of at least 4 members (excludes halogenated alkanes) is 1. The zero-order valence-electron chi connectivity index (χ0n) is 12.3. The van der Waals surface area contributed by atoms with Crippen molar-refractivity contribution >= 4 is 55.0 Å². The van der Waals surface area contributed by atoms with Crippen LogP contribution in [0.3, 0.4) is 0 Å². The highest BCUT2D eigenvalue weighted by molar-refractivity contribution is 9.11. The van der Waals surface area contributed by atoms with Crippen LogP contribution in [0.25, 0.3) is 0 Å². The summed E-state index contributed by atoms with van der Waals surface area (Å²) in [6.07, 6.45) is 3.05. The second-order valence-corrected chi connectivity index (χ2v) is 8.32. The molecule has 0 saturated carbocycles. The van der Waals surface area contributed by atoms with Gasteiger partial charge >= 0.3 is 0 Å². The van der Waals surface area contributed by atoms with E-state index < -0.39 is 0 Å². The Balaban J connectivity index is 1.61. The molecule has 2 N–H and O–H groups in total. The molecular formula is C16H16Br2N2O2S. The number of carbonyl (C=O) groups excluding carboxylic acids is 2. The van der Waals surface area contributed by atoms with Crippen molar-refractivity contribution in [2.24, 2.45) is 0 Å². The van der Waals surface area contributed by atoms with E-state index in [1.165, 1.54) is 16.9 Å². The molecule has 0 aliphatic heterocycles. The number of amides is 2. The Morgan fingerprint density at radius 3 is 2.35 bits per heavy atom. The predicted octanol–water partition coefficient (Wildman–Crippen LogP) is 4.45. The number of nitrogens with one attached hydrogen (secondary N) is 2. The fourth-order valence-electron chi connectivity index (χ4n) is 1.95. The second kappa shape index (κ2) is 9.20. The summed E-state index contributed by atoms with van der Waals surface area (Å²) in [5.41, 5.74) is 6.12. The SMILES string of the molecule is O=C(CCCCc1ccc(Br)cc1)NNC(=O)c1ccc(Br)s1. The van der Waals surface area contributed by atoms with E-state index in [2.05, 4.69) is 54.8 Å². The quantitative estimate of drug-likeness (QED) is 0.495. The number of hydrazine groups is 1. The first-order valence-corrected chi connectivity index (χ1v) is 9.54. The molecule has 0 fully saturated rings. The molecule has 1 heterocycles. The zero-order valence-corrected chi connectivity index (χ0v) is 16.3. The summed E-state index contributed by atoms with van der Waals surface area (Å²) in [6, 6.07) is 11.7. The summed E-state index contributed by atoms with van der Waals surface area (Å²) >= 11 is 8.02. The van der Waals surface area contributed by atoms with Crippen molar-refractivity contribution in [3.63, 3.8) is 0 Å². The molecule has 4 nitrogen and oxygen atoms in total. The Morgan fingerprint density at radius 1 is 0.957 bits per heavy atom. The lowest BCUT2D eigenvalue weighted by molar-refractivity contribution is -0.121. The second-order valence-electron chi connectivity index (χ2n) is 4.94. The van der Waals surface area contributed by atoms with Gasteiger partial charge in [0, 0.05) is 10.9 Å². The Hall–Kier alpha value is -1.18. The third kappa shape index (κ3) is 6.45. The fourth-order valence-corrected chi connectivity index (χ4v) is 3.50. The average molecular weight is 460 g/mol. The van der Waals surface area contributed by atoms with Crippen LogP contribution in [0.4, 0.5) is 0 Å². The van der Waals surface area contributed by atoms with Gasteiger partial charge in [0.2, 0.25) is 5.91 Å². The number of hydrogen-bond acceptors (Lipinski definition) is 3. The molecule has 2 amide bonds. The number of benzene rings is 1. The summed E-state index contributed by atoms with van der Waals surface area (Å²) in [7, 11) is 0. The Morgan fingerprint density at radius 2 is 1.70 bits per heavy atom. The van der Waals surface area contributed by atoms with Crippen LogP contribution in [-0.4, -0.2) is 11.8 Å². The number of halogens is 2. The first kappa shape index (κ1) is 18.2. The van der Waals surface area contributed by atoms with Gasteiger partial charge in [-0.25, -0.2) is 0 Å². The molecule has 1 aromatic heterocycles. The molecule has 0 atom stereocenters. The van der Waals surface area contributed by atoms with Gasteiger partial charge in [0.15, 0.2) is 0 Å². The van der Waals surface area contributed by atoms with Gasteiger partial charge in [0.05, 0.1) is 8.66 Å². The molecule has 0 bridgehead atoms. The van der Waals surface area contributed by atoms with Gasteiger partial charge in [-0.05, 0) is 65.0 Å². The predicted molar refractivity (Wildman–Crippen MR) is 99.3 cm³/mol. The fraction of sp³-hybridized carbons (Fsp3) is 0.250. The Kier molecular flexibility index (Phi) is 7.26.